The first-order valence-corrected chi connectivity index (χ1v) is 5.48. The molecule has 1 aromatic carbocycles. The zero-order chi connectivity index (χ0) is 10.1. The van der Waals surface area contributed by atoms with E-state index < -0.39 is 0 Å². The maximum Gasteiger partial charge on any atom is -0.0161 e. The highest BCUT2D eigenvalue weighted by Gasteiger charge is 2.23. The molecule has 74 valence electrons. The van der Waals surface area contributed by atoms with Crippen molar-refractivity contribution in [1.82, 2.24) is 0 Å². The van der Waals surface area contributed by atoms with Gasteiger partial charge in [0.1, 0.15) is 0 Å². The molecule has 0 heteroatoms. The molecule has 0 bridgehead atoms. The summed E-state index contributed by atoms with van der Waals surface area (Å²) in [6.45, 7) is 8.37. The van der Waals surface area contributed by atoms with Crippen LogP contribution in [0.4, 0.5) is 0 Å². The molecule has 1 aliphatic carbocycles. The molecule has 0 aromatic heterocycles. The Morgan fingerprint density at radius 2 is 2.07 bits per heavy atom. The second-order valence-corrected chi connectivity index (χ2v) is 4.52. The molecule has 1 aliphatic rings. The van der Waals surface area contributed by atoms with Crippen LogP contribution in [0, 0.1) is 0 Å². The van der Waals surface area contributed by atoms with Gasteiger partial charge in [-0.15, -0.1) is 0 Å². The Morgan fingerprint density at radius 1 is 1.36 bits per heavy atom. The summed E-state index contributed by atoms with van der Waals surface area (Å²) in [5.41, 5.74) is 4.25. The van der Waals surface area contributed by atoms with Gasteiger partial charge in [0.25, 0.3) is 0 Å². The van der Waals surface area contributed by atoms with E-state index in [9.17, 15) is 0 Å². The molecule has 1 saturated carbocycles. The van der Waals surface area contributed by atoms with Crippen molar-refractivity contribution in [2.75, 3.05) is 0 Å². The lowest BCUT2D eigenvalue weighted by Crippen LogP contribution is -1.93. The largest absolute Gasteiger partial charge is 0.0985 e. The van der Waals surface area contributed by atoms with Gasteiger partial charge in [-0.1, -0.05) is 44.7 Å². The van der Waals surface area contributed by atoms with E-state index in [-0.39, 0.29) is 0 Å². The van der Waals surface area contributed by atoms with E-state index in [0.29, 0.717) is 5.92 Å². The topological polar surface area (TPSA) is 0 Å². The van der Waals surface area contributed by atoms with Crippen molar-refractivity contribution >= 4 is 6.08 Å². The highest BCUT2D eigenvalue weighted by Crippen LogP contribution is 2.41. The predicted molar refractivity (Wildman–Crippen MR) is 62.6 cm³/mol. The molecule has 0 unspecified atom stereocenters. The second-order valence-electron chi connectivity index (χ2n) is 4.52. The van der Waals surface area contributed by atoms with E-state index >= 15 is 0 Å². The third-order valence-corrected chi connectivity index (χ3v) is 3.00. The Labute approximate surface area is 86.7 Å². The smallest absolute Gasteiger partial charge is 0.0161 e. The van der Waals surface area contributed by atoms with E-state index in [1.54, 1.807) is 0 Å². The lowest BCUT2D eigenvalue weighted by molar-refractivity contribution is 0.862. The van der Waals surface area contributed by atoms with Gasteiger partial charge in [-0.2, -0.15) is 0 Å². The quantitative estimate of drug-likeness (QED) is 0.659. The van der Waals surface area contributed by atoms with Crippen molar-refractivity contribution in [2.45, 2.75) is 38.5 Å². The average molecular weight is 186 g/mol. The maximum atomic E-state index is 3.89. The molecule has 0 radical (unpaired) electrons. The lowest BCUT2D eigenvalue weighted by Gasteiger charge is -2.11. The third-order valence-electron chi connectivity index (χ3n) is 3.00. The fourth-order valence-electron chi connectivity index (χ4n) is 1.97. The van der Waals surface area contributed by atoms with Gasteiger partial charge in [-0.05, 0) is 41.4 Å². The van der Waals surface area contributed by atoms with Gasteiger partial charge >= 0.3 is 0 Å². The Kier molecular flexibility index (Phi) is 2.45. The van der Waals surface area contributed by atoms with Gasteiger partial charge in [0, 0.05) is 0 Å². The molecular formula is C14H18. The first kappa shape index (κ1) is 9.51. The summed E-state index contributed by atoms with van der Waals surface area (Å²) in [7, 11) is 0. The normalized spacial score (nSPS) is 15.9. The minimum atomic E-state index is 0.594. The van der Waals surface area contributed by atoms with Crippen LogP contribution in [0.3, 0.4) is 0 Å². The summed E-state index contributed by atoms with van der Waals surface area (Å²) in [6, 6.07) is 6.88. The number of benzene rings is 1. The number of rotatable bonds is 3. The Hall–Kier alpha value is -1.04. The third kappa shape index (κ3) is 1.75. The molecular weight excluding hydrogens is 168 g/mol. The molecule has 0 aliphatic heterocycles. The SMILES string of the molecule is C=Cc1cc(C2CC2)ccc1C(C)C. The van der Waals surface area contributed by atoms with Crippen LogP contribution < -0.4 is 0 Å². The summed E-state index contributed by atoms with van der Waals surface area (Å²) < 4.78 is 0. The molecule has 1 fully saturated rings. The Morgan fingerprint density at radius 3 is 2.57 bits per heavy atom. The van der Waals surface area contributed by atoms with E-state index in [1.807, 2.05) is 6.08 Å². The number of hydrogen-bond donors (Lipinski definition) is 0. The minimum absolute atomic E-state index is 0.594. The van der Waals surface area contributed by atoms with Crippen LogP contribution >= 0.6 is 0 Å². The van der Waals surface area contributed by atoms with Crippen molar-refractivity contribution in [3.05, 3.63) is 41.5 Å². The summed E-state index contributed by atoms with van der Waals surface area (Å²) in [5, 5.41) is 0. The maximum absolute atomic E-state index is 3.89. The van der Waals surface area contributed by atoms with Crippen LogP contribution in [-0.2, 0) is 0 Å². The zero-order valence-electron chi connectivity index (χ0n) is 9.09. The van der Waals surface area contributed by atoms with Crippen LogP contribution in [0.1, 0.15) is 55.2 Å². The minimum Gasteiger partial charge on any atom is -0.0985 e. The van der Waals surface area contributed by atoms with Gasteiger partial charge in [-0.25, -0.2) is 0 Å². The van der Waals surface area contributed by atoms with Gasteiger partial charge in [0.2, 0.25) is 0 Å². The van der Waals surface area contributed by atoms with Crippen LogP contribution in [0.5, 0.6) is 0 Å². The van der Waals surface area contributed by atoms with Crippen LogP contribution in [-0.4, -0.2) is 0 Å². The summed E-state index contributed by atoms with van der Waals surface area (Å²) >= 11 is 0. The van der Waals surface area contributed by atoms with Crippen LogP contribution in [0.2, 0.25) is 0 Å². The van der Waals surface area contributed by atoms with Crippen LogP contribution in [0.25, 0.3) is 6.08 Å². The van der Waals surface area contributed by atoms with E-state index in [1.165, 1.54) is 29.5 Å². The van der Waals surface area contributed by atoms with Crippen molar-refractivity contribution in [3.63, 3.8) is 0 Å². The fourth-order valence-corrected chi connectivity index (χ4v) is 1.97. The molecule has 14 heavy (non-hydrogen) atoms. The predicted octanol–water partition coefficient (Wildman–Crippen LogP) is 4.33. The van der Waals surface area contributed by atoms with Crippen molar-refractivity contribution in [3.8, 4) is 0 Å². The summed E-state index contributed by atoms with van der Waals surface area (Å²) in [4.78, 5) is 0. The molecule has 0 amide bonds. The van der Waals surface area contributed by atoms with E-state index in [4.69, 9.17) is 0 Å². The standard InChI is InChI=1S/C14H18/c1-4-11-9-13(12-5-6-12)7-8-14(11)10(2)3/h4,7-10,12H,1,5-6H2,2-3H3. The molecule has 0 nitrogen and oxygen atoms in total. The van der Waals surface area contributed by atoms with E-state index in [2.05, 4.69) is 38.6 Å². The monoisotopic (exact) mass is 186 g/mol. The fraction of sp³-hybridized carbons (Fsp3) is 0.429. The second kappa shape index (κ2) is 3.61. The molecule has 0 N–H and O–H groups in total. The molecule has 0 atom stereocenters. The number of hydrogen-bond acceptors (Lipinski definition) is 0. The van der Waals surface area contributed by atoms with Gasteiger partial charge in [0.15, 0.2) is 0 Å². The van der Waals surface area contributed by atoms with Gasteiger partial charge in [-0.3, -0.25) is 0 Å². The lowest BCUT2D eigenvalue weighted by atomic mass is 9.94. The first-order chi connectivity index (χ1) is 6.72. The highest BCUT2D eigenvalue weighted by atomic mass is 14.3. The molecule has 0 spiro atoms. The molecule has 0 heterocycles. The van der Waals surface area contributed by atoms with Crippen molar-refractivity contribution < 1.29 is 0 Å². The van der Waals surface area contributed by atoms with Gasteiger partial charge in [0.05, 0.1) is 0 Å². The molecule has 0 saturated heterocycles. The highest BCUT2D eigenvalue weighted by molar-refractivity contribution is 5.55. The first-order valence-electron chi connectivity index (χ1n) is 5.48. The Bertz CT molecular complexity index is 343. The van der Waals surface area contributed by atoms with E-state index in [0.717, 1.165) is 5.92 Å². The average Bonchev–Trinajstić information content (AvgIpc) is 3.00. The van der Waals surface area contributed by atoms with Crippen LogP contribution in [0.15, 0.2) is 24.8 Å². The molecule has 2 rings (SSSR count). The van der Waals surface area contributed by atoms with Crippen molar-refractivity contribution in [1.29, 1.82) is 0 Å². The molecule has 1 aromatic rings. The van der Waals surface area contributed by atoms with Crippen molar-refractivity contribution in [2.24, 2.45) is 0 Å². The zero-order valence-corrected chi connectivity index (χ0v) is 9.09. The Balaban J connectivity index is 2.38. The summed E-state index contributed by atoms with van der Waals surface area (Å²) in [5.74, 6) is 1.44. The summed E-state index contributed by atoms with van der Waals surface area (Å²) in [6.07, 6.45) is 4.73. The van der Waals surface area contributed by atoms with Gasteiger partial charge < -0.3 is 0 Å².